The van der Waals surface area contributed by atoms with Crippen molar-refractivity contribution >= 4 is 11.0 Å². The number of fused-ring (bicyclic) bond motifs is 1. The maximum Gasteiger partial charge on any atom is 0.321 e. The molecule has 8 heteroatoms. The Morgan fingerprint density at radius 2 is 1.88 bits per heavy atom. The van der Waals surface area contributed by atoms with Gasteiger partial charge in [0.25, 0.3) is 0 Å². The Hall–Kier alpha value is -3.96. The Morgan fingerprint density at radius 3 is 2.54 bits per heavy atom. The molecule has 128 valence electrons. The van der Waals surface area contributed by atoms with E-state index in [1.54, 1.807) is 59.7 Å². The van der Waals surface area contributed by atoms with E-state index in [9.17, 15) is 14.9 Å². The summed E-state index contributed by atoms with van der Waals surface area (Å²) in [6.45, 7) is 0. The largest absolute Gasteiger partial charge is 0.412 e. The topological polar surface area (TPSA) is 128 Å². The molecule has 0 aliphatic heterocycles. The van der Waals surface area contributed by atoms with Crippen molar-refractivity contribution in [1.29, 1.82) is 5.26 Å². The van der Waals surface area contributed by atoms with Crippen molar-refractivity contribution in [2.75, 3.05) is 0 Å². The Bertz CT molecular complexity index is 1230. The van der Waals surface area contributed by atoms with Crippen LogP contribution in [0.15, 0.2) is 70.8 Å². The van der Waals surface area contributed by atoms with Crippen LogP contribution in [0, 0.1) is 11.3 Å². The van der Waals surface area contributed by atoms with Crippen LogP contribution in [0.3, 0.4) is 0 Å². The van der Waals surface area contributed by atoms with Gasteiger partial charge in [0, 0.05) is 18.1 Å². The molecule has 0 radical (unpaired) electrons. The highest BCUT2D eigenvalue weighted by atomic mass is 16.2. The minimum Gasteiger partial charge on any atom is -0.412 e. The number of para-hydroxylation sites is 1. The maximum absolute atomic E-state index is 12.5. The average Bonchev–Trinajstić information content (AvgIpc) is 3.17. The lowest BCUT2D eigenvalue weighted by molar-refractivity contribution is 0.824. The Balaban J connectivity index is 0.00000196. The molecule has 4 rings (SSSR count). The molecule has 4 aromatic rings. The average molecular weight is 347 g/mol. The van der Waals surface area contributed by atoms with E-state index in [0.717, 1.165) is 0 Å². The van der Waals surface area contributed by atoms with Crippen molar-refractivity contribution in [3.8, 4) is 17.4 Å². The summed E-state index contributed by atoms with van der Waals surface area (Å²) in [5.74, 6) is 0. The van der Waals surface area contributed by atoms with Crippen molar-refractivity contribution in [2.45, 2.75) is 0 Å². The number of rotatable bonds is 2. The van der Waals surface area contributed by atoms with Crippen LogP contribution < -0.4 is 11.1 Å². The molecule has 0 saturated carbocycles. The summed E-state index contributed by atoms with van der Waals surface area (Å²) in [4.78, 5) is 31.1. The molecule has 0 fully saturated rings. The van der Waals surface area contributed by atoms with Gasteiger partial charge in [0.2, 0.25) is 0 Å². The highest BCUT2D eigenvalue weighted by Gasteiger charge is 2.14. The zero-order valence-electron chi connectivity index (χ0n) is 13.4. The van der Waals surface area contributed by atoms with Crippen LogP contribution in [0.2, 0.25) is 0 Å². The number of nitrogens with one attached hydrogen (secondary N) is 1. The molecule has 0 aliphatic carbocycles. The van der Waals surface area contributed by atoms with E-state index in [1.165, 1.54) is 4.57 Å². The van der Waals surface area contributed by atoms with Crippen LogP contribution in [0.4, 0.5) is 0 Å². The van der Waals surface area contributed by atoms with Gasteiger partial charge in [-0.25, -0.2) is 4.98 Å². The van der Waals surface area contributed by atoms with E-state index in [-0.39, 0.29) is 5.48 Å². The number of aromatic nitrogens is 4. The molecule has 2 aromatic heterocycles. The van der Waals surface area contributed by atoms with Crippen molar-refractivity contribution in [1.82, 2.24) is 19.1 Å². The van der Waals surface area contributed by atoms with E-state index >= 15 is 0 Å². The number of nitriles is 1. The summed E-state index contributed by atoms with van der Waals surface area (Å²) in [5.41, 5.74) is 0.996. The summed E-state index contributed by atoms with van der Waals surface area (Å²) >= 11 is 0. The lowest BCUT2D eigenvalue weighted by atomic mass is 10.1. The third-order valence-corrected chi connectivity index (χ3v) is 3.92. The molecule has 0 saturated heterocycles. The zero-order valence-corrected chi connectivity index (χ0v) is 13.4. The van der Waals surface area contributed by atoms with Gasteiger partial charge >= 0.3 is 11.1 Å². The number of imidazole rings is 1. The van der Waals surface area contributed by atoms with E-state index in [2.05, 4.69) is 16.0 Å². The number of benzene rings is 2. The van der Waals surface area contributed by atoms with E-state index in [0.29, 0.717) is 28.0 Å². The summed E-state index contributed by atoms with van der Waals surface area (Å²) < 4.78 is 3.03. The molecule has 0 amide bonds. The second-order valence-corrected chi connectivity index (χ2v) is 5.40. The molecular weight excluding hydrogens is 334 g/mol. The molecule has 0 spiro atoms. The van der Waals surface area contributed by atoms with Crippen molar-refractivity contribution in [2.24, 2.45) is 0 Å². The molecule has 3 N–H and O–H groups in total. The van der Waals surface area contributed by atoms with Crippen molar-refractivity contribution in [3.05, 3.63) is 87.5 Å². The summed E-state index contributed by atoms with van der Waals surface area (Å²) in [6, 6.07) is 14.3. The predicted octanol–water partition coefficient (Wildman–Crippen LogP) is 0.912. The smallest absolute Gasteiger partial charge is 0.321 e. The van der Waals surface area contributed by atoms with Crippen LogP contribution in [0.1, 0.15) is 5.56 Å². The Labute approximate surface area is 146 Å². The van der Waals surface area contributed by atoms with Gasteiger partial charge in [-0.2, -0.15) is 5.26 Å². The van der Waals surface area contributed by atoms with Gasteiger partial charge in [-0.05, 0) is 24.3 Å². The molecule has 26 heavy (non-hydrogen) atoms. The lowest BCUT2D eigenvalue weighted by Crippen LogP contribution is -2.35. The second kappa shape index (κ2) is 6.51. The van der Waals surface area contributed by atoms with Gasteiger partial charge in [0.15, 0.2) is 0 Å². The molecule has 0 atom stereocenters. The number of hydrogen-bond donors (Lipinski definition) is 1. The fourth-order valence-electron chi connectivity index (χ4n) is 2.79. The van der Waals surface area contributed by atoms with Gasteiger partial charge in [0.1, 0.15) is 6.07 Å². The van der Waals surface area contributed by atoms with Gasteiger partial charge in [-0.15, -0.1) is 0 Å². The molecule has 0 aliphatic rings. The highest BCUT2D eigenvalue weighted by molar-refractivity contribution is 5.81. The molecule has 2 aromatic carbocycles. The first-order valence-electron chi connectivity index (χ1n) is 7.46. The zero-order chi connectivity index (χ0) is 17.4. The quantitative estimate of drug-likeness (QED) is 0.540. The standard InChI is InChI=1S/C18H11N5O2.H2O/c19-10-12-8-14-16(9-15(12)22-7-6-20-11-22)23(18(25)17(24)21-14)13-4-2-1-3-5-13;/h1-9,11H,(H,21,24);1H2. The normalized spacial score (nSPS) is 10.3. The first-order valence-corrected chi connectivity index (χ1v) is 7.46. The van der Waals surface area contributed by atoms with Crippen LogP contribution in [0.25, 0.3) is 22.4 Å². The van der Waals surface area contributed by atoms with Crippen molar-refractivity contribution < 1.29 is 5.48 Å². The highest BCUT2D eigenvalue weighted by Crippen LogP contribution is 2.22. The predicted molar refractivity (Wildman–Crippen MR) is 95.6 cm³/mol. The van der Waals surface area contributed by atoms with Crippen LogP contribution in [-0.2, 0) is 0 Å². The van der Waals surface area contributed by atoms with Gasteiger partial charge in [0.05, 0.1) is 28.6 Å². The van der Waals surface area contributed by atoms with E-state index < -0.39 is 11.1 Å². The summed E-state index contributed by atoms with van der Waals surface area (Å²) in [5, 5.41) is 9.44. The first kappa shape index (κ1) is 16.9. The number of aromatic amines is 1. The monoisotopic (exact) mass is 347 g/mol. The van der Waals surface area contributed by atoms with Gasteiger partial charge in [-0.3, -0.25) is 14.2 Å². The number of hydrogen-bond acceptors (Lipinski definition) is 4. The van der Waals surface area contributed by atoms with Crippen LogP contribution in [0.5, 0.6) is 0 Å². The molecular formula is C18H13N5O3. The van der Waals surface area contributed by atoms with E-state index in [1.807, 2.05) is 6.07 Å². The van der Waals surface area contributed by atoms with Crippen molar-refractivity contribution in [3.63, 3.8) is 0 Å². The molecule has 0 bridgehead atoms. The minimum atomic E-state index is -0.740. The fraction of sp³-hybridized carbons (Fsp3) is 0. The first-order chi connectivity index (χ1) is 12.2. The molecule has 8 nitrogen and oxygen atoms in total. The van der Waals surface area contributed by atoms with E-state index in [4.69, 9.17) is 0 Å². The Kier molecular flexibility index (Phi) is 4.22. The van der Waals surface area contributed by atoms with Gasteiger partial charge < -0.3 is 15.0 Å². The minimum absolute atomic E-state index is 0. The number of nitrogens with zero attached hydrogens (tertiary/aromatic N) is 4. The number of H-pyrrole nitrogens is 1. The Morgan fingerprint density at radius 1 is 1.12 bits per heavy atom. The summed E-state index contributed by atoms with van der Waals surface area (Å²) in [7, 11) is 0. The third kappa shape index (κ3) is 2.58. The lowest BCUT2D eigenvalue weighted by Gasteiger charge is -2.12. The summed E-state index contributed by atoms with van der Waals surface area (Å²) in [6.07, 6.45) is 4.87. The van der Waals surface area contributed by atoms with Crippen LogP contribution in [-0.4, -0.2) is 24.6 Å². The second-order valence-electron chi connectivity index (χ2n) is 5.40. The molecule has 0 unspecified atom stereocenters. The third-order valence-electron chi connectivity index (χ3n) is 3.92. The SMILES string of the molecule is N#Cc1cc2[nH]c(=O)c(=O)n(-c3ccccc3)c2cc1-n1ccnc1.O. The molecule has 2 heterocycles. The van der Waals surface area contributed by atoms with Crippen LogP contribution >= 0.6 is 0 Å². The van der Waals surface area contributed by atoms with Gasteiger partial charge in [-0.1, -0.05) is 18.2 Å². The fourth-order valence-corrected chi connectivity index (χ4v) is 2.79. The maximum atomic E-state index is 12.5.